The Hall–Kier alpha value is -1.64. The van der Waals surface area contributed by atoms with Gasteiger partial charge in [0.1, 0.15) is 0 Å². The van der Waals surface area contributed by atoms with Crippen molar-refractivity contribution >= 4 is 12.3 Å². The number of hydrogen-bond acceptors (Lipinski definition) is 3. The van der Waals surface area contributed by atoms with E-state index < -0.39 is 5.60 Å². The van der Waals surface area contributed by atoms with E-state index >= 15 is 0 Å². The minimum absolute atomic E-state index is 0.233. The summed E-state index contributed by atoms with van der Waals surface area (Å²) in [7, 11) is 0. The Bertz CT molecular complexity index is 366. The molecule has 0 saturated heterocycles. The largest absolute Gasteiger partial charge is 0.451 e. The van der Waals surface area contributed by atoms with Crippen LogP contribution in [0.15, 0.2) is 30.3 Å². The van der Waals surface area contributed by atoms with Gasteiger partial charge in [-0.3, -0.25) is 9.59 Å². The fourth-order valence-corrected chi connectivity index (χ4v) is 1.39. The van der Waals surface area contributed by atoms with Gasteiger partial charge in [0.15, 0.2) is 11.9 Å². The summed E-state index contributed by atoms with van der Waals surface area (Å²) in [5.41, 5.74) is 0.121. The summed E-state index contributed by atoms with van der Waals surface area (Å²) in [5, 5.41) is 0. The van der Waals surface area contributed by atoms with Crippen molar-refractivity contribution in [2.45, 2.75) is 24.9 Å². The summed E-state index contributed by atoms with van der Waals surface area (Å²) < 4.78 is 5.10. The third-order valence-electron chi connectivity index (χ3n) is 2.47. The molecule has 1 aromatic rings. The maximum Gasteiger partial charge on any atom is 0.311 e. The molecule has 0 heterocycles. The lowest BCUT2D eigenvalue weighted by Gasteiger charge is -2.09. The van der Waals surface area contributed by atoms with Crippen LogP contribution in [0.4, 0.5) is 0 Å². The molecule has 0 bridgehead atoms. The van der Waals surface area contributed by atoms with Gasteiger partial charge in [-0.15, -0.1) is 0 Å². The predicted octanol–water partition coefficient (Wildman–Crippen LogP) is 1.50. The van der Waals surface area contributed by atoms with Gasteiger partial charge in [0.25, 0.3) is 0 Å². The van der Waals surface area contributed by atoms with Gasteiger partial charge in [0, 0.05) is 0 Å². The summed E-state index contributed by atoms with van der Waals surface area (Å²) in [6.45, 7) is 0. The average Bonchev–Trinajstić information content (AvgIpc) is 3.00. The minimum atomic E-state index is -0.786. The number of aldehydes is 1. The molecule has 0 N–H and O–H groups in total. The lowest BCUT2D eigenvalue weighted by Crippen LogP contribution is -2.22. The van der Waals surface area contributed by atoms with Crippen LogP contribution in [-0.4, -0.2) is 17.9 Å². The molecule has 1 aliphatic carbocycles. The number of carbonyl (C=O) groups is 2. The van der Waals surface area contributed by atoms with Gasteiger partial charge >= 0.3 is 5.97 Å². The fourth-order valence-electron chi connectivity index (χ4n) is 1.39. The van der Waals surface area contributed by atoms with E-state index in [0.29, 0.717) is 12.8 Å². The van der Waals surface area contributed by atoms with Crippen molar-refractivity contribution in [3.05, 3.63) is 35.9 Å². The zero-order valence-corrected chi connectivity index (χ0v) is 8.31. The zero-order chi connectivity index (χ0) is 10.7. The van der Waals surface area contributed by atoms with E-state index in [1.54, 1.807) is 0 Å². The summed E-state index contributed by atoms with van der Waals surface area (Å²) in [5.74, 6) is -0.328. The van der Waals surface area contributed by atoms with Gasteiger partial charge in [-0.2, -0.15) is 0 Å². The van der Waals surface area contributed by atoms with Crippen molar-refractivity contribution in [1.82, 2.24) is 0 Å². The monoisotopic (exact) mass is 204 g/mol. The van der Waals surface area contributed by atoms with Crippen LogP contribution in [0, 0.1) is 0 Å². The fraction of sp³-hybridized carbons (Fsp3) is 0.333. The van der Waals surface area contributed by atoms with Crippen LogP contribution in [0.5, 0.6) is 0 Å². The van der Waals surface area contributed by atoms with E-state index in [0.717, 1.165) is 11.8 Å². The van der Waals surface area contributed by atoms with Crippen molar-refractivity contribution in [3.63, 3.8) is 0 Å². The molecule has 0 spiro atoms. The second-order valence-electron chi connectivity index (χ2n) is 3.82. The number of ether oxygens (including phenoxy) is 1. The summed E-state index contributed by atoms with van der Waals surface area (Å²) in [6.07, 6.45) is 2.29. The molecule has 3 heteroatoms. The lowest BCUT2D eigenvalue weighted by molar-refractivity contribution is -0.153. The first kappa shape index (κ1) is 9.90. The zero-order valence-electron chi connectivity index (χ0n) is 8.31. The predicted molar refractivity (Wildman–Crippen MR) is 54.3 cm³/mol. The van der Waals surface area contributed by atoms with E-state index in [9.17, 15) is 9.59 Å². The highest BCUT2D eigenvalue weighted by Crippen LogP contribution is 2.37. The summed E-state index contributed by atoms with van der Waals surface area (Å²) in [6, 6.07) is 9.36. The number of hydrogen-bond donors (Lipinski definition) is 0. The Balaban J connectivity index is 1.91. The number of carbonyl (C=O) groups excluding carboxylic acids is 2. The topological polar surface area (TPSA) is 43.4 Å². The maximum absolute atomic E-state index is 11.4. The third kappa shape index (κ3) is 2.43. The van der Waals surface area contributed by atoms with Crippen LogP contribution in [0.3, 0.4) is 0 Å². The van der Waals surface area contributed by atoms with E-state index in [1.165, 1.54) is 0 Å². The molecule has 15 heavy (non-hydrogen) atoms. The molecule has 0 radical (unpaired) electrons. The SMILES string of the molecule is O=CC1(OC(=O)Cc2ccccc2)CC1. The first-order valence-corrected chi connectivity index (χ1v) is 4.96. The van der Waals surface area contributed by atoms with Crippen molar-refractivity contribution in [1.29, 1.82) is 0 Å². The quantitative estimate of drug-likeness (QED) is 0.551. The van der Waals surface area contributed by atoms with Crippen LogP contribution in [0.1, 0.15) is 18.4 Å². The molecule has 0 aliphatic heterocycles. The molecule has 1 fully saturated rings. The Labute approximate surface area is 88.1 Å². The molecule has 1 aromatic carbocycles. The average molecular weight is 204 g/mol. The van der Waals surface area contributed by atoms with E-state index in [2.05, 4.69) is 0 Å². The Morgan fingerprint density at radius 2 is 2.00 bits per heavy atom. The van der Waals surface area contributed by atoms with Gasteiger partial charge in [-0.05, 0) is 18.4 Å². The number of esters is 1. The highest BCUT2D eigenvalue weighted by atomic mass is 16.6. The van der Waals surface area contributed by atoms with Crippen LogP contribution >= 0.6 is 0 Å². The second kappa shape index (κ2) is 3.85. The number of benzene rings is 1. The molecule has 0 amide bonds. The van der Waals surface area contributed by atoms with Crippen LogP contribution in [0.25, 0.3) is 0 Å². The summed E-state index contributed by atoms with van der Waals surface area (Å²) in [4.78, 5) is 22.0. The third-order valence-corrected chi connectivity index (χ3v) is 2.47. The standard InChI is InChI=1S/C12H12O3/c13-9-12(6-7-12)15-11(14)8-10-4-2-1-3-5-10/h1-5,9H,6-8H2. The molecule has 3 nitrogen and oxygen atoms in total. The van der Waals surface area contributed by atoms with Crippen molar-refractivity contribution < 1.29 is 14.3 Å². The van der Waals surface area contributed by atoms with Gasteiger partial charge in [0.2, 0.25) is 0 Å². The molecule has 1 aliphatic rings. The lowest BCUT2D eigenvalue weighted by atomic mass is 10.1. The first-order valence-electron chi connectivity index (χ1n) is 4.96. The summed E-state index contributed by atoms with van der Waals surface area (Å²) >= 11 is 0. The molecule has 0 unspecified atom stereocenters. The second-order valence-corrected chi connectivity index (χ2v) is 3.82. The molecular weight excluding hydrogens is 192 g/mol. The van der Waals surface area contributed by atoms with Crippen molar-refractivity contribution in [2.24, 2.45) is 0 Å². The number of rotatable bonds is 4. The van der Waals surface area contributed by atoms with E-state index in [1.807, 2.05) is 30.3 Å². The maximum atomic E-state index is 11.4. The molecule has 0 aromatic heterocycles. The van der Waals surface area contributed by atoms with Gasteiger partial charge in [0.05, 0.1) is 6.42 Å². The molecule has 78 valence electrons. The Kier molecular flexibility index (Phi) is 2.54. The van der Waals surface area contributed by atoms with Crippen LogP contribution in [0.2, 0.25) is 0 Å². The molecular formula is C12H12O3. The van der Waals surface area contributed by atoms with Gasteiger partial charge < -0.3 is 4.74 Å². The minimum Gasteiger partial charge on any atom is -0.451 e. The van der Waals surface area contributed by atoms with Crippen LogP contribution < -0.4 is 0 Å². The highest BCUT2D eigenvalue weighted by molar-refractivity contribution is 5.78. The Morgan fingerprint density at radius 1 is 1.33 bits per heavy atom. The molecule has 0 atom stereocenters. The molecule has 2 rings (SSSR count). The van der Waals surface area contributed by atoms with E-state index in [4.69, 9.17) is 4.74 Å². The highest BCUT2D eigenvalue weighted by Gasteiger charge is 2.46. The Morgan fingerprint density at radius 3 is 2.53 bits per heavy atom. The van der Waals surface area contributed by atoms with Crippen LogP contribution in [-0.2, 0) is 20.7 Å². The van der Waals surface area contributed by atoms with Gasteiger partial charge in [-0.25, -0.2) is 0 Å². The normalized spacial score (nSPS) is 16.8. The first-order chi connectivity index (χ1) is 7.24. The van der Waals surface area contributed by atoms with Crippen molar-refractivity contribution in [2.75, 3.05) is 0 Å². The molecule has 1 saturated carbocycles. The van der Waals surface area contributed by atoms with Gasteiger partial charge in [-0.1, -0.05) is 30.3 Å². The van der Waals surface area contributed by atoms with Crippen molar-refractivity contribution in [3.8, 4) is 0 Å². The van der Waals surface area contributed by atoms with E-state index in [-0.39, 0.29) is 12.4 Å². The smallest absolute Gasteiger partial charge is 0.311 e.